The van der Waals surface area contributed by atoms with Crippen LogP contribution in [-0.4, -0.2) is 11.1 Å². The number of rotatable bonds is 3. The smallest absolute Gasteiger partial charge is 0.328 e. The van der Waals surface area contributed by atoms with Crippen molar-refractivity contribution < 1.29 is 14.3 Å². The topological polar surface area (TPSA) is 37.3 Å². The number of hydrogen-bond acceptors (Lipinski definition) is 1. The first-order valence-corrected chi connectivity index (χ1v) is 4.87. The second-order valence-corrected chi connectivity index (χ2v) is 3.72. The monoisotopic (exact) mass is 206 g/mol. The lowest BCUT2D eigenvalue weighted by atomic mass is 10.0. The number of halogens is 1. The Hall–Kier alpha value is -1.64. The third kappa shape index (κ3) is 2.43. The molecule has 2 nitrogen and oxygen atoms in total. The van der Waals surface area contributed by atoms with E-state index in [2.05, 4.69) is 0 Å². The fourth-order valence-electron chi connectivity index (χ4n) is 1.61. The molecule has 1 aliphatic carbocycles. The molecule has 0 amide bonds. The number of benzene rings is 1. The lowest BCUT2D eigenvalue weighted by molar-refractivity contribution is -0.131. The zero-order chi connectivity index (χ0) is 10.8. The molecule has 15 heavy (non-hydrogen) atoms. The van der Waals surface area contributed by atoms with Crippen molar-refractivity contribution in [2.45, 2.75) is 12.8 Å². The van der Waals surface area contributed by atoms with Crippen molar-refractivity contribution in [2.24, 2.45) is 5.92 Å². The number of hydrogen-bond donors (Lipinski definition) is 1. The fourth-order valence-corrected chi connectivity index (χ4v) is 1.61. The highest BCUT2D eigenvalue weighted by Gasteiger charge is 2.27. The summed E-state index contributed by atoms with van der Waals surface area (Å²) in [6.07, 6.45) is 3.28. The number of allylic oxidation sites excluding steroid dienone is 1. The van der Waals surface area contributed by atoms with Crippen molar-refractivity contribution in [1.82, 2.24) is 0 Å². The Kier molecular flexibility index (Phi) is 2.54. The van der Waals surface area contributed by atoms with Crippen LogP contribution in [0.5, 0.6) is 0 Å². The van der Waals surface area contributed by atoms with Gasteiger partial charge >= 0.3 is 5.97 Å². The Morgan fingerprint density at radius 1 is 1.33 bits per heavy atom. The molecule has 1 aliphatic rings. The first kappa shape index (κ1) is 9.90. The average Bonchev–Trinajstić information content (AvgIpc) is 2.99. The van der Waals surface area contributed by atoms with E-state index in [9.17, 15) is 9.18 Å². The minimum absolute atomic E-state index is 0.302. The summed E-state index contributed by atoms with van der Waals surface area (Å²) in [6.45, 7) is 0. The van der Waals surface area contributed by atoms with Gasteiger partial charge in [-0.1, -0.05) is 12.1 Å². The summed E-state index contributed by atoms with van der Waals surface area (Å²) in [4.78, 5) is 10.6. The van der Waals surface area contributed by atoms with Crippen molar-refractivity contribution in [3.05, 3.63) is 41.7 Å². The van der Waals surface area contributed by atoms with Crippen LogP contribution in [0.25, 0.3) is 5.57 Å². The third-order valence-corrected chi connectivity index (χ3v) is 2.47. The molecular formula is C12H11FO2. The number of aliphatic carboxylic acids is 1. The van der Waals surface area contributed by atoms with Gasteiger partial charge in [0.15, 0.2) is 0 Å². The second-order valence-electron chi connectivity index (χ2n) is 3.72. The molecular weight excluding hydrogens is 195 g/mol. The lowest BCUT2D eigenvalue weighted by Gasteiger charge is -2.04. The normalized spacial score (nSPS) is 16.5. The Morgan fingerprint density at radius 3 is 2.40 bits per heavy atom. The highest BCUT2D eigenvalue weighted by Crippen LogP contribution is 2.41. The van der Waals surface area contributed by atoms with Gasteiger partial charge in [0.25, 0.3) is 0 Å². The zero-order valence-corrected chi connectivity index (χ0v) is 8.11. The van der Waals surface area contributed by atoms with Gasteiger partial charge in [-0.2, -0.15) is 0 Å². The molecule has 1 aromatic carbocycles. The molecule has 0 heterocycles. The molecule has 1 fully saturated rings. The summed E-state index contributed by atoms with van der Waals surface area (Å²) in [5, 5.41) is 8.73. The summed E-state index contributed by atoms with van der Waals surface area (Å²) in [5.74, 6) is -0.906. The van der Waals surface area contributed by atoms with Crippen molar-refractivity contribution >= 4 is 11.5 Å². The summed E-state index contributed by atoms with van der Waals surface area (Å²) in [7, 11) is 0. The summed E-state index contributed by atoms with van der Waals surface area (Å²) in [5.41, 5.74) is 1.61. The van der Waals surface area contributed by atoms with Gasteiger partial charge in [0, 0.05) is 6.08 Å². The van der Waals surface area contributed by atoms with Crippen molar-refractivity contribution in [3.8, 4) is 0 Å². The molecule has 0 atom stereocenters. The molecule has 1 N–H and O–H groups in total. The van der Waals surface area contributed by atoms with Gasteiger partial charge in [0.05, 0.1) is 0 Å². The Morgan fingerprint density at radius 2 is 1.93 bits per heavy atom. The first-order valence-electron chi connectivity index (χ1n) is 4.87. The maximum atomic E-state index is 12.7. The van der Waals surface area contributed by atoms with E-state index in [0.717, 1.165) is 24.0 Å². The summed E-state index contributed by atoms with van der Waals surface area (Å²) < 4.78 is 12.7. The quantitative estimate of drug-likeness (QED) is 0.772. The molecule has 78 valence electrons. The first-order chi connectivity index (χ1) is 7.16. The molecule has 2 rings (SSSR count). The average molecular weight is 206 g/mol. The highest BCUT2D eigenvalue weighted by atomic mass is 19.1. The molecule has 0 saturated heterocycles. The Bertz CT molecular complexity index is 402. The maximum Gasteiger partial charge on any atom is 0.328 e. The van der Waals surface area contributed by atoms with Gasteiger partial charge in [0.1, 0.15) is 5.82 Å². The SMILES string of the molecule is O=C(O)C=C(c1ccc(F)cc1)C1CC1. The maximum absolute atomic E-state index is 12.7. The molecule has 0 aromatic heterocycles. The van der Waals surface area contributed by atoms with Crippen molar-refractivity contribution in [2.75, 3.05) is 0 Å². The van der Waals surface area contributed by atoms with Gasteiger partial charge in [0.2, 0.25) is 0 Å². The molecule has 0 bridgehead atoms. The lowest BCUT2D eigenvalue weighted by Crippen LogP contribution is -1.94. The van der Waals surface area contributed by atoms with Gasteiger partial charge < -0.3 is 5.11 Å². The van der Waals surface area contributed by atoms with Crippen molar-refractivity contribution in [3.63, 3.8) is 0 Å². The predicted molar refractivity (Wildman–Crippen MR) is 54.7 cm³/mol. The van der Waals surface area contributed by atoms with E-state index >= 15 is 0 Å². The Labute approximate surface area is 87.0 Å². The van der Waals surface area contributed by atoms with Crippen LogP contribution < -0.4 is 0 Å². The predicted octanol–water partition coefficient (Wildman–Crippen LogP) is 2.70. The van der Waals surface area contributed by atoms with Crippen LogP contribution in [0, 0.1) is 11.7 Å². The Balaban J connectivity index is 2.32. The molecule has 1 aromatic rings. The van der Waals surface area contributed by atoms with Crippen LogP contribution >= 0.6 is 0 Å². The molecule has 0 radical (unpaired) electrons. The highest BCUT2D eigenvalue weighted by molar-refractivity contribution is 5.91. The van der Waals surface area contributed by atoms with Crippen LogP contribution in [0.15, 0.2) is 30.3 Å². The van der Waals surface area contributed by atoms with Gasteiger partial charge in [-0.15, -0.1) is 0 Å². The van der Waals surface area contributed by atoms with Crippen LogP contribution in [-0.2, 0) is 4.79 Å². The van der Waals surface area contributed by atoms with Crippen molar-refractivity contribution in [1.29, 1.82) is 0 Å². The van der Waals surface area contributed by atoms with E-state index in [1.807, 2.05) is 0 Å². The number of carboxylic acids is 1. The van der Waals surface area contributed by atoms with Crippen LogP contribution in [0.1, 0.15) is 18.4 Å². The van der Waals surface area contributed by atoms with Crippen LogP contribution in [0.2, 0.25) is 0 Å². The number of carbonyl (C=O) groups is 1. The summed E-state index contributed by atoms with van der Waals surface area (Å²) in [6, 6.07) is 5.96. The van der Waals surface area contributed by atoms with E-state index in [0.29, 0.717) is 5.92 Å². The van der Waals surface area contributed by atoms with Gasteiger partial charge in [-0.25, -0.2) is 9.18 Å². The standard InChI is InChI=1S/C12H11FO2/c13-10-5-3-9(4-6-10)11(7-12(14)15)8-1-2-8/h3-8H,1-2H2,(H,14,15). The third-order valence-electron chi connectivity index (χ3n) is 2.47. The van der Waals surface area contributed by atoms with E-state index < -0.39 is 5.97 Å². The minimum atomic E-state index is -0.943. The van der Waals surface area contributed by atoms with Crippen LogP contribution in [0.3, 0.4) is 0 Å². The minimum Gasteiger partial charge on any atom is -0.478 e. The van der Waals surface area contributed by atoms with E-state index in [1.165, 1.54) is 18.2 Å². The second kappa shape index (κ2) is 3.85. The number of carboxylic acid groups (broad SMARTS) is 1. The van der Waals surface area contributed by atoms with E-state index in [1.54, 1.807) is 12.1 Å². The molecule has 1 saturated carbocycles. The molecule has 0 unspecified atom stereocenters. The van der Waals surface area contributed by atoms with E-state index in [-0.39, 0.29) is 5.82 Å². The van der Waals surface area contributed by atoms with E-state index in [4.69, 9.17) is 5.11 Å². The summed E-state index contributed by atoms with van der Waals surface area (Å²) >= 11 is 0. The van der Waals surface area contributed by atoms with Gasteiger partial charge in [-0.3, -0.25) is 0 Å². The van der Waals surface area contributed by atoms with Gasteiger partial charge in [-0.05, 0) is 42.0 Å². The molecule has 0 aliphatic heterocycles. The molecule has 3 heteroatoms. The largest absolute Gasteiger partial charge is 0.478 e. The van der Waals surface area contributed by atoms with Crippen LogP contribution in [0.4, 0.5) is 4.39 Å². The fraction of sp³-hybridized carbons (Fsp3) is 0.250. The molecule has 0 spiro atoms. The zero-order valence-electron chi connectivity index (χ0n) is 8.11.